The second kappa shape index (κ2) is 6.82. The molecule has 2 heterocycles. The molecule has 3 heteroatoms. The summed E-state index contributed by atoms with van der Waals surface area (Å²) >= 11 is 1.81. The van der Waals surface area contributed by atoms with Gasteiger partial charge in [-0.05, 0) is 36.1 Å². The van der Waals surface area contributed by atoms with Gasteiger partial charge in [-0.1, -0.05) is 39.0 Å². The highest BCUT2D eigenvalue weighted by Gasteiger charge is 2.28. The number of benzene rings is 2. The van der Waals surface area contributed by atoms with Crippen LogP contribution in [0.2, 0.25) is 0 Å². The first-order valence-electron chi connectivity index (χ1n) is 9.78. The van der Waals surface area contributed by atoms with Gasteiger partial charge in [0.25, 0.3) is 0 Å². The van der Waals surface area contributed by atoms with Crippen LogP contribution in [0.5, 0.6) is 0 Å². The molecule has 2 nitrogen and oxygen atoms in total. The lowest BCUT2D eigenvalue weighted by molar-refractivity contribution is -0.603. The molecular weight excluding hydrogens is 360 g/mol. The smallest absolute Gasteiger partial charge is 0.164 e. The first kappa shape index (κ1) is 18.8. The van der Waals surface area contributed by atoms with Crippen LogP contribution in [0.3, 0.4) is 0 Å². The Hall–Kier alpha value is -2.52. The molecule has 0 amide bonds. The summed E-state index contributed by atoms with van der Waals surface area (Å²) in [6.45, 7) is 11.3. The minimum Gasteiger partial charge on any atom is -0.164 e. The molecule has 0 aliphatic carbocycles. The first-order chi connectivity index (χ1) is 13.3. The number of rotatable bonds is 2. The van der Waals surface area contributed by atoms with E-state index >= 15 is 0 Å². The highest BCUT2D eigenvalue weighted by Crippen LogP contribution is 2.36. The van der Waals surface area contributed by atoms with Crippen LogP contribution in [0, 0.1) is 13.8 Å². The van der Waals surface area contributed by atoms with Crippen molar-refractivity contribution in [1.29, 1.82) is 0 Å². The maximum Gasteiger partial charge on any atom is 0.235 e. The minimum atomic E-state index is 0.0742. The van der Waals surface area contributed by atoms with Crippen LogP contribution >= 0.6 is 11.5 Å². The lowest BCUT2D eigenvalue weighted by Crippen LogP contribution is -2.35. The topological polar surface area (TPSA) is 7.76 Å². The molecule has 4 rings (SSSR count). The summed E-state index contributed by atoms with van der Waals surface area (Å²) < 4.78 is 5.94. The Labute approximate surface area is 171 Å². The molecule has 0 fully saturated rings. The molecule has 0 atom stereocenters. The van der Waals surface area contributed by atoms with E-state index in [4.69, 9.17) is 0 Å². The van der Waals surface area contributed by atoms with Crippen LogP contribution in [0.25, 0.3) is 27.0 Å². The van der Waals surface area contributed by atoms with Gasteiger partial charge >= 0.3 is 0 Å². The fourth-order valence-corrected chi connectivity index (χ4v) is 4.83. The molecule has 0 aliphatic rings. The van der Waals surface area contributed by atoms with Crippen LogP contribution in [0.1, 0.15) is 37.6 Å². The van der Waals surface area contributed by atoms with Crippen molar-refractivity contribution in [3.63, 3.8) is 0 Å². The van der Waals surface area contributed by atoms with Gasteiger partial charge in [0.2, 0.25) is 11.4 Å². The summed E-state index contributed by atoms with van der Waals surface area (Å²) in [5.41, 5.74) is 7.86. The van der Waals surface area contributed by atoms with E-state index in [1.807, 2.05) is 11.5 Å². The van der Waals surface area contributed by atoms with Crippen molar-refractivity contribution < 1.29 is 8.52 Å². The van der Waals surface area contributed by atoms with Crippen molar-refractivity contribution in [3.05, 3.63) is 77.6 Å². The van der Waals surface area contributed by atoms with Gasteiger partial charge in [-0.15, -0.1) is 3.96 Å². The van der Waals surface area contributed by atoms with Crippen LogP contribution < -0.4 is 8.52 Å². The maximum atomic E-state index is 2.40. The van der Waals surface area contributed by atoms with Crippen LogP contribution in [0.4, 0.5) is 0 Å². The quantitative estimate of drug-likeness (QED) is 0.396. The highest BCUT2D eigenvalue weighted by atomic mass is 32.1. The van der Waals surface area contributed by atoms with Gasteiger partial charge in [0.1, 0.15) is 16.2 Å². The Kier molecular flexibility index (Phi) is 4.59. The van der Waals surface area contributed by atoms with Gasteiger partial charge in [-0.3, -0.25) is 0 Å². The standard InChI is InChI=1S/C25H28N2S/c1-17-11-9-10-14-27(17)22-16-19(25(3,4)5)15-21(18(22)2)24-20-12-7-8-13-23(20)28-26(24)6/h7-16H,1-6H3/q+2. The molecule has 2 aromatic heterocycles. The summed E-state index contributed by atoms with van der Waals surface area (Å²) in [6, 6.07) is 19.8. The molecule has 28 heavy (non-hydrogen) atoms. The fourth-order valence-electron chi connectivity index (χ4n) is 3.85. The van der Waals surface area contributed by atoms with E-state index in [-0.39, 0.29) is 5.41 Å². The molecule has 4 aromatic rings. The van der Waals surface area contributed by atoms with Crippen molar-refractivity contribution in [2.45, 2.75) is 40.0 Å². The second-order valence-electron chi connectivity index (χ2n) is 8.56. The van der Waals surface area contributed by atoms with E-state index in [9.17, 15) is 0 Å². The molecule has 2 aromatic carbocycles. The Balaban J connectivity index is 2.09. The molecule has 0 bridgehead atoms. The number of aromatic nitrogens is 2. The highest BCUT2D eigenvalue weighted by molar-refractivity contribution is 7.09. The molecule has 0 aliphatic heterocycles. The third-order valence-electron chi connectivity index (χ3n) is 5.52. The zero-order valence-electron chi connectivity index (χ0n) is 17.6. The second-order valence-corrected chi connectivity index (χ2v) is 9.73. The number of hydrogen-bond donors (Lipinski definition) is 0. The average molecular weight is 389 g/mol. The van der Waals surface area contributed by atoms with Gasteiger partial charge in [-0.2, -0.15) is 4.57 Å². The third kappa shape index (κ3) is 3.14. The molecule has 0 radical (unpaired) electrons. The SMILES string of the molecule is Cc1c(-c2c3ccccc3s[n+]2C)cc(C(C)(C)C)cc1-[n+]1ccccc1C. The van der Waals surface area contributed by atoms with Crippen molar-refractivity contribution >= 4 is 21.6 Å². The van der Waals surface area contributed by atoms with Gasteiger partial charge in [-0.25, -0.2) is 0 Å². The Morgan fingerprint density at radius 3 is 2.32 bits per heavy atom. The van der Waals surface area contributed by atoms with Crippen molar-refractivity contribution in [1.82, 2.24) is 0 Å². The first-order valence-corrected chi connectivity index (χ1v) is 10.6. The number of fused-ring (bicyclic) bond motifs is 1. The zero-order valence-corrected chi connectivity index (χ0v) is 18.4. The third-order valence-corrected chi connectivity index (χ3v) is 6.53. The van der Waals surface area contributed by atoms with Crippen molar-refractivity contribution in [2.24, 2.45) is 7.05 Å². The summed E-state index contributed by atoms with van der Waals surface area (Å²) in [6.07, 6.45) is 2.17. The average Bonchev–Trinajstić information content (AvgIpc) is 2.97. The Morgan fingerprint density at radius 1 is 0.893 bits per heavy atom. The van der Waals surface area contributed by atoms with Crippen LogP contribution in [0.15, 0.2) is 60.8 Å². The number of pyridine rings is 1. The lowest BCUT2D eigenvalue weighted by atomic mass is 9.83. The van der Waals surface area contributed by atoms with E-state index < -0.39 is 0 Å². The largest absolute Gasteiger partial charge is 0.235 e. The molecule has 0 saturated carbocycles. The van der Waals surface area contributed by atoms with E-state index in [0.29, 0.717) is 0 Å². The number of aryl methyl sites for hydroxylation is 2. The number of nitrogens with zero attached hydrogens (tertiary/aromatic N) is 2. The molecule has 0 saturated heterocycles. The molecular formula is C25H28N2S+2. The normalized spacial score (nSPS) is 11.9. The van der Waals surface area contributed by atoms with Gasteiger partial charge in [0.05, 0.1) is 10.9 Å². The van der Waals surface area contributed by atoms with Crippen LogP contribution in [-0.4, -0.2) is 0 Å². The Morgan fingerprint density at radius 2 is 1.61 bits per heavy atom. The Bertz CT molecular complexity index is 1180. The van der Waals surface area contributed by atoms with Gasteiger partial charge in [0, 0.05) is 30.7 Å². The summed E-state index contributed by atoms with van der Waals surface area (Å²) in [5, 5.41) is 1.32. The van der Waals surface area contributed by atoms with Crippen molar-refractivity contribution in [2.75, 3.05) is 0 Å². The van der Waals surface area contributed by atoms with Crippen LogP contribution in [-0.2, 0) is 12.5 Å². The predicted octanol–water partition coefficient (Wildman–Crippen LogP) is 5.58. The molecule has 0 spiro atoms. The molecule has 142 valence electrons. The van der Waals surface area contributed by atoms with E-state index in [1.54, 1.807) is 0 Å². The zero-order chi connectivity index (χ0) is 20.1. The van der Waals surface area contributed by atoms with Gasteiger partial charge < -0.3 is 0 Å². The maximum absolute atomic E-state index is 2.40. The van der Waals surface area contributed by atoms with E-state index in [2.05, 4.69) is 111 Å². The fraction of sp³-hybridized carbons (Fsp3) is 0.280. The summed E-state index contributed by atoms with van der Waals surface area (Å²) in [5.74, 6) is 0. The predicted molar refractivity (Wildman–Crippen MR) is 118 cm³/mol. The summed E-state index contributed by atoms with van der Waals surface area (Å²) in [4.78, 5) is 0. The minimum absolute atomic E-state index is 0.0742. The lowest BCUT2D eigenvalue weighted by Gasteiger charge is -2.21. The molecule has 0 N–H and O–H groups in total. The van der Waals surface area contributed by atoms with Crippen molar-refractivity contribution in [3.8, 4) is 16.9 Å². The number of hydrogen-bond acceptors (Lipinski definition) is 1. The molecule has 0 unspecified atom stereocenters. The summed E-state index contributed by atoms with van der Waals surface area (Å²) in [7, 11) is 2.17. The van der Waals surface area contributed by atoms with Gasteiger partial charge in [0.15, 0.2) is 18.9 Å². The monoisotopic (exact) mass is 388 g/mol. The van der Waals surface area contributed by atoms with E-state index in [0.717, 1.165) is 0 Å². The van der Waals surface area contributed by atoms with E-state index in [1.165, 1.54) is 43.9 Å².